The number of aryl methyl sites for hydroxylation is 2. The van der Waals surface area contributed by atoms with Crippen LogP contribution in [0.15, 0.2) is 24.3 Å². The van der Waals surface area contributed by atoms with Gasteiger partial charge in [0.15, 0.2) is 11.5 Å². The molecule has 0 unspecified atom stereocenters. The molecule has 8 nitrogen and oxygen atoms in total. The van der Waals surface area contributed by atoms with E-state index in [1.807, 2.05) is 13.8 Å². The molecule has 0 saturated carbocycles. The van der Waals surface area contributed by atoms with Crippen molar-refractivity contribution in [2.75, 3.05) is 0 Å². The van der Waals surface area contributed by atoms with Gasteiger partial charge in [0.1, 0.15) is 0 Å². The average molecular weight is 473 g/mol. The molecule has 0 aliphatic heterocycles. The zero-order chi connectivity index (χ0) is 25.1. The van der Waals surface area contributed by atoms with Crippen molar-refractivity contribution in [3.63, 3.8) is 0 Å². The Hall–Kier alpha value is -3.16. The van der Waals surface area contributed by atoms with Gasteiger partial charge in [0.2, 0.25) is 0 Å². The maximum Gasteiger partial charge on any atom is 0.314 e. The largest absolute Gasteiger partial charge is 0.502 e. The summed E-state index contributed by atoms with van der Waals surface area (Å²) in [5, 5.41) is 42.1. The molecule has 0 aliphatic carbocycles. The average Bonchev–Trinajstić information content (AvgIpc) is 2.78. The summed E-state index contributed by atoms with van der Waals surface area (Å²) in [4.78, 5) is 21.5. The summed E-state index contributed by atoms with van der Waals surface area (Å²) in [6, 6.07) is 6.22. The normalized spacial score (nSPS) is 11.0. The van der Waals surface area contributed by atoms with Crippen LogP contribution >= 0.6 is 0 Å². The third kappa shape index (κ3) is 7.71. The minimum atomic E-state index is -0.496. The Balaban J connectivity index is 1.57. The zero-order valence-corrected chi connectivity index (χ0v) is 20.2. The van der Waals surface area contributed by atoms with Crippen LogP contribution in [-0.2, 0) is 12.8 Å². The van der Waals surface area contributed by atoms with E-state index in [1.165, 1.54) is 12.1 Å². The fourth-order valence-corrected chi connectivity index (χ4v) is 4.51. The van der Waals surface area contributed by atoms with Gasteiger partial charge in [0, 0.05) is 11.1 Å². The zero-order valence-electron chi connectivity index (χ0n) is 20.2. The van der Waals surface area contributed by atoms with E-state index in [2.05, 4.69) is 0 Å². The van der Waals surface area contributed by atoms with Crippen molar-refractivity contribution in [1.82, 2.24) is 0 Å². The Morgan fingerprint density at radius 2 is 0.882 bits per heavy atom. The van der Waals surface area contributed by atoms with Crippen LogP contribution in [0.4, 0.5) is 11.4 Å². The topological polar surface area (TPSA) is 127 Å². The molecule has 2 aromatic rings. The number of phenols is 2. The van der Waals surface area contributed by atoms with Gasteiger partial charge in [0.05, 0.1) is 9.85 Å². The van der Waals surface area contributed by atoms with Crippen LogP contribution in [0, 0.1) is 34.1 Å². The number of nitrogens with zero attached hydrogens (tertiary/aromatic N) is 2. The number of nitro benzene ring substituents is 2. The molecule has 2 N–H and O–H groups in total. The SMILES string of the molecule is Cc1ccc(O)c([N+](=O)[O-])c1CCCCCCCCCCCCc1c(C)ccc(O)c1[N+](=O)[O-]. The predicted molar refractivity (Wildman–Crippen MR) is 133 cm³/mol. The Bertz CT molecular complexity index is 910. The van der Waals surface area contributed by atoms with E-state index >= 15 is 0 Å². The summed E-state index contributed by atoms with van der Waals surface area (Å²) in [6.07, 6.45) is 11.7. The molecule has 0 heterocycles. The van der Waals surface area contributed by atoms with Gasteiger partial charge in [-0.25, -0.2) is 0 Å². The maximum atomic E-state index is 11.2. The fraction of sp³-hybridized carbons (Fsp3) is 0.538. The number of rotatable bonds is 15. The van der Waals surface area contributed by atoms with E-state index in [-0.39, 0.29) is 22.9 Å². The first-order valence-corrected chi connectivity index (χ1v) is 12.2. The highest BCUT2D eigenvalue weighted by molar-refractivity contribution is 5.56. The lowest BCUT2D eigenvalue weighted by atomic mass is 9.98. The number of phenolic OH excluding ortho intramolecular Hbond substituents is 2. The number of hydrogen-bond acceptors (Lipinski definition) is 6. The van der Waals surface area contributed by atoms with Gasteiger partial charge < -0.3 is 10.2 Å². The molecule has 186 valence electrons. The first-order valence-electron chi connectivity index (χ1n) is 12.2. The molecule has 0 aromatic heterocycles. The summed E-state index contributed by atoms with van der Waals surface area (Å²) in [6.45, 7) is 3.68. The number of nitro groups is 2. The Kier molecular flexibility index (Phi) is 10.8. The lowest BCUT2D eigenvalue weighted by molar-refractivity contribution is -0.386. The number of aromatic hydroxyl groups is 2. The van der Waals surface area contributed by atoms with Crippen molar-refractivity contribution in [3.8, 4) is 11.5 Å². The van der Waals surface area contributed by atoms with Gasteiger partial charge >= 0.3 is 11.4 Å². The lowest BCUT2D eigenvalue weighted by Gasteiger charge is -2.09. The summed E-state index contributed by atoms with van der Waals surface area (Å²) in [5.74, 6) is -0.526. The highest BCUT2D eigenvalue weighted by Crippen LogP contribution is 2.34. The van der Waals surface area contributed by atoms with Gasteiger partial charge in [-0.05, 0) is 62.8 Å². The molecular formula is C26H36N2O6. The lowest BCUT2D eigenvalue weighted by Crippen LogP contribution is -1.99. The van der Waals surface area contributed by atoms with Crippen LogP contribution in [0.2, 0.25) is 0 Å². The van der Waals surface area contributed by atoms with Crippen molar-refractivity contribution in [1.29, 1.82) is 0 Å². The molecule has 0 radical (unpaired) electrons. The molecule has 0 atom stereocenters. The standard InChI is InChI=1S/C26H36N2O6/c1-19-15-17-23(29)25(27(31)32)21(19)13-11-9-7-5-3-4-6-8-10-12-14-22-20(2)16-18-24(30)26(22)28(33)34/h15-18,29-30H,3-14H2,1-2H3. The highest BCUT2D eigenvalue weighted by atomic mass is 16.6. The van der Waals surface area contributed by atoms with Crippen LogP contribution in [0.25, 0.3) is 0 Å². The monoisotopic (exact) mass is 472 g/mol. The third-order valence-corrected chi connectivity index (χ3v) is 6.46. The Labute approximate surface area is 200 Å². The van der Waals surface area contributed by atoms with E-state index in [0.29, 0.717) is 24.0 Å². The van der Waals surface area contributed by atoms with E-state index in [0.717, 1.165) is 75.3 Å². The van der Waals surface area contributed by atoms with Gasteiger partial charge in [0.25, 0.3) is 0 Å². The van der Waals surface area contributed by atoms with E-state index in [9.17, 15) is 30.4 Å². The molecule has 2 rings (SSSR count). The Morgan fingerprint density at radius 3 is 1.18 bits per heavy atom. The summed E-state index contributed by atoms with van der Waals surface area (Å²) in [5.41, 5.74) is 2.65. The quantitative estimate of drug-likeness (QED) is 0.160. The predicted octanol–water partition coefficient (Wildman–Crippen LogP) is 7.22. The molecule has 0 amide bonds. The molecule has 0 saturated heterocycles. The van der Waals surface area contributed by atoms with Crippen molar-refractivity contribution in [2.24, 2.45) is 0 Å². The highest BCUT2D eigenvalue weighted by Gasteiger charge is 2.22. The Morgan fingerprint density at radius 1 is 0.588 bits per heavy atom. The number of hydrogen-bond donors (Lipinski definition) is 2. The van der Waals surface area contributed by atoms with Crippen molar-refractivity contribution >= 4 is 11.4 Å². The third-order valence-electron chi connectivity index (χ3n) is 6.46. The van der Waals surface area contributed by atoms with E-state index < -0.39 is 9.85 Å². The molecule has 8 heteroatoms. The van der Waals surface area contributed by atoms with E-state index in [1.54, 1.807) is 12.1 Å². The second kappa shape index (κ2) is 13.5. The van der Waals surface area contributed by atoms with Crippen molar-refractivity contribution in [2.45, 2.75) is 90.9 Å². The second-order valence-electron chi connectivity index (χ2n) is 9.01. The first kappa shape index (κ1) is 27.1. The van der Waals surface area contributed by atoms with Gasteiger partial charge in [-0.1, -0.05) is 63.5 Å². The van der Waals surface area contributed by atoms with Crippen LogP contribution in [0.5, 0.6) is 11.5 Å². The molecular weight excluding hydrogens is 436 g/mol. The van der Waals surface area contributed by atoms with Crippen LogP contribution in [0.1, 0.15) is 86.5 Å². The summed E-state index contributed by atoms with van der Waals surface area (Å²) in [7, 11) is 0. The summed E-state index contributed by atoms with van der Waals surface area (Å²) < 4.78 is 0. The minimum Gasteiger partial charge on any atom is -0.502 e. The summed E-state index contributed by atoms with van der Waals surface area (Å²) >= 11 is 0. The van der Waals surface area contributed by atoms with Crippen LogP contribution in [-0.4, -0.2) is 20.1 Å². The van der Waals surface area contributed by atoms with Crippen molar-refractivity contribution < 1.29 is 20.1 Å². The molecule has 0 fully saturated rings. The molecule has 0 aliphatic rings. The minimum absolute atomic E-state index is 0.158. The van der Waals surface area contributed by atoms with Crippen LogP contribution in [0.3, 0.4) is 0 Å². The molecule has 2 aromatic carbocycles. The van der Waals surface area contributed by atoms with Gasteiger partial charge in [-0.2, -0.15) is 0 Å². The van der Waals surface area contributed by atoms with E-state index in [4.69, 9.17) is 0 Å². The van der Waals surface area contributed by atoms with Crippen LogP contribution < -0.4 is 0 Å². The molecule has 0 spiro atoms. The number of unbranched alkanes of at least 4 members (excludes halogenated alkanes) is 9. The maximum absolute atomic E-state index is 11.2. The molecule has 34 heavy (non-hydrogen) atoms. The number of benzene rings is 2. The first-order chi connectivity index (χ1) is 16.2. The molecule has 0 bridgehead atoms. The fourth-order valence-electron chi connectivity index (χ4n) is 4.51. The smallest absolute Gasteiger partial charge is 0.314 e. The second-order valence-corrected chi connectivity index (χ2v) is 9.01. The van der Waals surface area contributed by atoms with Gasteiger partial charge in [-0.3, -0.25) is 20.2 Å². The van der Waals surface area contributed by atoms with Crippen molar-refractivity contribution in [3.05, 3.63) is 66.7 Å². The van der Waals surface area contributed by atoms with Gasteiger partial charge in [-0.15, -0.1) is 0 Å².